The van der Waals surface area contributed by atoms with Crippen LogP contribution >= 0.6 is 0 Å². The molecule has 0 amide bonds. The molecule has 1 aromatic rings. The summed E-state index contributed by atoms with van der Waals surface area (Å²) < 4.78 is 0. The third-order valence-electron chi connectivity index (χ3n) is 4.00. The van der Waals surface area contributed by atoms with E-state index < -0.39 is 0 Å². The molecule has 1 rings (SSSR count). The number of Topliss-reactive ketones (excluding diaryl/α,β-unsaturated/α-hetero) is 1. The molecule has 0 fully saturated rings. The lowest BCUT2D eigenvalue weighted by atomic mass is 9.97. The van der Waals surface area contributed by atoms with Crippen LogP contribution in [0.25, 0.3) is 0 Å². The standard InChI is InChI=1S/C19H30O3/c1-4-5-6-7-8-9-17(20)16-13-18(21)15(12-19(16)22)11-10-14(2)3/h12-14,21-22H,4-11H2,1-3H3. The number of aryl methyl sites for hydroxylation is 1. The summed E-state index contributed by atoms with van der Waals surface area (Å²) in [6, 6.07) is 2.97. The van der Waals surface area contributed by atoms with E-state index in [9.17, 15) is 15.0 Å². The molecule has 0 aromatic heterocycles. The van der Waals surface area contributed by atoms with Gasteiger partial charge in [0, 0.05) is 6.42 Å². The normalized spacial score (nSPS) is 11.1. The fraction of sp³-hybridized carbons (Fsp3) is 0.632. The number of phenolic OH excluding ortho intramolecular Hbond substituents is 2. The van der Waals surface area contributed by atoms with E-state index in [0.717, 1.165) is 25.7 Å². The number of ketones is 1. The van der Waals surface area contributed by atoms with E-state index >= 15 is 0 Å². The third-order valence-corrected chi connectivity index (χ3v) is 4.00. The molecule has 0 heterocycles. The van der Waals surface area contributed by atoms with Crippen molar-refractivity contribution in [1.82, 2.24) is 0 Å². The van der Waals surface area contributed by atoms with Crippen LogP contribution in [0.15, 0.2) is 12.1 Å². The highest BCUT2D eigenvalue weighted by Crippen LogP contribution is 2.30. The van der Waals surface area contributed by atoms with Gasteiger partial charge in [0.05, 0.1) is 5.56 Å². The van der Waals surface area contributed by atoms with E-state index in [-0.39, 0.29) is 22.8 Å². The summed E-state index contributed by atoms with van der Waals surface area (Å²) >= 11 is 0. The highest BCUT2D eigenvalue weighted by atomic mass is 16.3. The van der Waals surface area contributed by atoms with E-state index in [1.807, 2.05) is 0 Å². The van der Waals surface area contributed by atoms with Gasteiger partial charge in [-0.15, -0.1) is 0 Å². The van der Waals surface area contributed by atoms with Crippen molar-refractivity contribution in [2.24, 2.45) is 5.92 Å². The average molecular weight is 306 g/mol. The predicted molar refractivity (Wildman–Crippen MR) is 90.6 cm³/mol. The first kappa shape index (κ1) is 18.5. The summed E-state index contributed by atoms with van der Waals surface area (Å²) in [5, 5.41) is 20.1. The van der Waals surface area contributed by atoms with Crippen LogP contribution in [0.2, 0.25) is 0 Å². The Hall–Kier alpha value is -1.51. The maximum absolute atomic E-state index is 12.2. The Bertz CT molecular complexity index is 478. The minimum absolute atomic E-state index is 0.00452. The van der Waals surface area contributed by atoms with E-state index in [1.165, 1.54) is 18.9 Å². The summed E-state index contributed by atoms with van der Waals surface area (Å²) in [5.74, 6) is 0.563. The average Bonchev–Trinajstić information content (AvgIpc) is 2.47. The zero-order valence-electron chi connectivity index (χ0n) is 14.2. The SMILES string of the molecule is CCCCCCCC(=O)c1cc(O)c(CCC(C)C)cc1O. The van der Waals surface area contributed by atoms with Crippen molar-refractivity contribution in [3.8, 4) is 11.5 Å². The van der Waals surface area contributed by atoms with E-state index in [2.05, 4.69) is 20.8 Å². The van der Waals surface area contributed by atoms with Crippen molar-refractivity contribution in [3.63, 3.8) is 0 Å². The van der Waals surface area contributed by atoms with Crippen LogP contribution in [0.5, 0.6) is 11.5 Å². The van der Waals surface area contributed by atoms with Crippen molar-refractivity contribution in [3.05, 3.63) is 23.3 Å². The number of hydrogen-bond acceptors (Lipinski definition) is 3. The smallest absolute Gasteiger partial charge is 0.166 e. The molecule has 0 spiro atoms. The molecule has 0 unspecified atom stereocenters. The Kier molecular flexibility index (Phi) is 8.00. The summed E-state index contributed by atoms with van der Waals surface area (Å²) in [4.78, 5) is 12.2. The Morgan fingerprint density at radius 3 is 2.36 bits per heavy atom. The lowest BCUT2D eigenvalue weighted by Crippen LogP contribution is -2.01. The number of rotatable bonds is 10. The Morgan fingerprint density at radius 1 is 1.05 bits per heavy atom. The molecule has 1 aromatic carbocycles. The maximum Gasteiger partial charge on any atom is 0.166 e. The maximum atomic E-state index is 12.2. The number of carbonyl (C=O) groups excluding carboxylic acids is 1. The first-order valence-corrected chi connectivity index (χ1v) is 8.53. The highest BCUT2D eigenvalue weighted by Gasteiger charge is 2.15. The number of aromatic hydroxyl groups is 2. The van der Waals surface area contributed by atoms with Gasteiger partial charge in [-0.1, -0.05) is 46.5 Å². The summed E-state index contributed by atoms with van der Waals surface area (Å²) in [5.41, 5.74) is 0.965. The fourth-order valence-corrected chi connectivity index (χ4v) is 2.51. The van der Waals surface area contributed by atoms with Gasteiger partial charge < -0.3 is 10.2 Å². The molecule has 0 atom stereocenters. The largest absolute Gasteiger partial charge is 0.508 e. The second-order valence-corrected chi connectivity index (χ2v) is 6.52. The molecule has 22 heavy (non-hydrogen) atoms. The highest BCUT2D eigenvalue weighted by molar-refractivity contribution is 5.99. The van der Waals surface area contributed by atoms with Crippen LogP contribution in [0.3, 0.4) is 0 Å². The van der Waals surface area contributed by atoms with Gasteiger partial charge >= 0.3 is 0 Å². The zero-order valence-corrected chi connectivity index (χ0v) is 14.2. The van der Waals surface area contributed by atoms with Gasteiger partial charge in [-0.2, -0.15) is 0 Å². The minimum atomic E-state index is -0.0836. The molecule has 0 saturated carbocycles. The zero-order chi connectivity index (χ0) is 16.5. The summed E-state index contributed by atoms with van der Waals surface area (Å²) in [6.45, 7) is 6.40. The Labute approximate surface area is 134 Å². The molecule has 124 valence electrons. The molecule has 0 aliphatic heterocycles. The number of carbonyl (C=O) groups is 1. The van der Waals surface area contributed by atoms with E-state index in [0.29, 0.717) is 24.3 Å². The molecule has 0 bridgehead atoms. The van der Waals surface area contributed by atoms with Crippen LogP contribution in [0, 0.1) is 5.92 Å². The number of phenols is 2. The first-order valence-electron chi connectivity index (χ1n) is 8.53. The molecule has 3 nitrogen and oxygen atoms in total. The number of benzene rings is 1. The van der Waals surface area contributed by atoms with E-state index in [1.54, 1.807) is 6.07 Å². The van der Waals surface area contributed by atoms with Gasteiger partial charge in [-0.25, -0.2) is 0 Å². The van der Waals surface area contributed by atoms with Crippen LogP contribution in [-0.2, 0) is 6.42 Å². The quantitative estimate of drug-likeness (QED) is 0.353. The predicted octanol–water partition coefficient (Wildman–Crippen LogP) is 5.23. The number of hydrogen-bond donors (Lipinski definition) is 2. The van der Waals surface area contributed by atoms with Crippen molar-refractivity contribution in [2.75, 3.05) is 0 Å². The summed E-state index contributed by atoms with van der Waals surface area (Å²) in [7, 11) is 0. The minimum Gasteiger partial charge on any atom is -0.508 e. The Morgan fingerprint density at radius 2 is 1.73 bits per heavy atom. The van der Waals surface area contributed by atoms with Crippen molar-refractivity contribution in [1.29, 1.82) is 0 Å². The monoisotopic (exact) mass is 306 g/mol. The van der Waals surface area contributed by atoms with Crippen molar-refractivity contribution >= 4 is 5.78 Å². The summed E-state index contributed by atoms with van der Waals surface area (Å²) in [6.07, 6.45) is 7.50. The third kappa shape index (κ3) is 6.08. The van der Waals surface area contributed by atoms with Gasteiger partial charge in [0.25, 0.3) is 0 Å². The topological polar surface area (TPSA) is 57.5 Å². The molecule has 3 heteroatoms. The molecule has 0 radical (unpaired) electrons. The van der Waals surface area contributed by atoms with Gasteiger partial charge in [0.1, 0.15) is 11.5 Å². The molecular formula is C19H30O3. The van der Waals surface area contributed by atoms with Gasteiger partial charge in [0.2, 0.25) is 0 Å². The molecule has 0 saturated heterocycles. The van der Waals surface area contributed by atoms with Crippen LogP contribution < -0.4 is 0 Å². The molecule has 2 N–H and O–H groups in total. The van der Waals surface area contributed by atoms with Gasteiger partial charge in [0.15, 0.2) is 5.78 Å². The second kappa shape index (κ2) is 9.50. The lowest BCUT2D eigenvalue weighted by molar-refractivity contribution is 0.0976. The van der Waals surface area contributed by atoms with Crippen LogP contribution in [0.1, 0.15) is 81.6 Å². The Balaban J connectivity index is 2.63. The van der Waals surface area contributed by atoms with E-state index in [4.69, 9.17) is 0 Å². The number of unbranched alkanes of at least 4 members (excludes halogenated alkanes) is 4. The fourth-order valence-electron chi connectivity index (χ4n) is 2.51. The first-order chi connectivity index (χ1) is 10.5. The van der Waals surface area contributed by atoms with Crippen LogP contribution in [-0.4, -0.2) is 16.0 Å². The molecule has 0 aliphatic rings. The molecular weight excluding hydrogens is 276 g/mol. The van der Waals surface area contributed by atoms with Gasteiger partial charge in [-0.05, 0) is 42.9 Å². The van der Waals surface area contributed by atoms with Gasteiger partial charge in [-0.3, -0.25) is 4.79 Å². The van der Waals surface area contributed by atoms with Crippen molar-refractivity contribution < 1.29 is 15.0 Å². The lowest BCUT2D eigenvalue weighted by Gasteiger charge is -2.11. The molecule has 0 aliphatic carbocycles. The van der Waals surface area contributed by atoms with Crippen LogP contribution in [0.4, 0.5) is 0 Å². The van der Waals surface area contributed by atoms with Crippen molar-refractivity contribution in [2.45, 2.75) is 72.1 Å². The second-order valence-electron chi connectivity index (χ2n) is 6.52.